The molecular weight excluding hydrogens is 396 g/mol. The van der Waals surface area contributed by atoms with Crippen LogP contribution in [0.3, 0.4) is 0 Å². The van der Waals surface area contributed by atoms with Crippen LogP contribution in [0.15, 0.2) is 30.3 Å². The molecule has 2 aliphatic rings. The summed E-state index contributed by atoms with van der Waals surface area (Å²) in [6.07, 6.45) is 0.580. The highest BCUT2D eigenvalue weighted by Gasteiger charge is 2.58. The van der Waals surface area contributed by atoms with Crippen molar-refractivity contribution in [1.82, 2.24) is 0 Å². The molecule has 3 rings (SSSR count). The fourth-order valence-electron chi connectivity index (χ4n) is 4.12. The van der Waals surface area contributed by atoms with Gasteiger partial charge in [-0.1, -0.05) is 31.5 Å². The maximum absolute atomic E-state index is 12.5. The number of hydrogen-bond donors (Lipinski definition) is 1. The fourth-order valence-corrected chi connectivity index (χ4v) is 6.15. The van der Waals surface area contributed by atoms with Gasteiger partial charge in [-0.05, 0) is 51.2 Å². The van der Waals surface area contributed by atoms with Crippen LogP contribution in [0.4, 0.5) is 0 Å². The van der Waals surface area contributed by atoms with Gasteiger partial charge in [0.05, 0.1) is 17.1 Å². The Bertz CT molecular complexity index is 821. The van der Waals surface area contributed by atoms with Gasteiger partial charge in [-0.15, -0.1) is 0 Å². The number of hydrogen-bond acceptors (Lipinski definition) is 7. The molecule has 0 spiro atoms. The molecule has 5 atom stereocenters. The van der Waals surface area contributed by atoms with Crippen molar-refractivity contribution in [3.05, 3.63) is 35.9 Å². The highest BCUT2D eigenvalue weighted by atomic mass is 32.2. The first-order valence-corrected chi connectivity index (χ1v) is 11.9. The summed E-state index contributed by atoms with van der Waals surface area (Å²) in [7, 11) is -3.33. The third kappa shape index (κ3) is 4.82. The normalized spacial score (nSPS) is 34.6. The van der Waals surface area contributed by atoms with Crippen LogP contribution >= 0.6 is 0 Å². The molecule has 1 heterocycles. The third-order valence-corrected chi connectivity index (χ3v) is 8.02. The van der Waals surface area contributed by atoms with E-state index in [-0.39, 0.29) is 17.4 Å². The summed E-state index contributed by atoms with van der Waals surface area (Å²) in [5, 5.41) is 11.0. The number of sulfone groups is 1. The lowest BCUT2D eigenvalue weighted by molar-refractivity contribution is -0.448. The molecule has 1 saturated heterocycles. The quantitative estimate of drug-likeness (QED) is 0.529. The third-order valence-electron chi connectivity index (χ3n) is 6.09. The fraction of sp³-hybridized carbons (Fsp3) is 0.667. The number of ether oxygens (including phenoxy) is 1. The van der Waals surface area contributed by atoms with E-state index >= 15 is 0 Å². The summed E-state index contributed by atoms with van der Waals surface area (Å²) >= 11 is 0. The molecule has 2 bridgehead atoms. The minimum atomic E-state index is -3.33. The molecule has 29 heavy (non-hydrogen) atoms. The molecule has 7 nitrogen and oxygen atoms in total. The zero-order valence-corrected chi connectivity index (χ0v) is 18.0. The molecule has 1 N–H and O–H groups in total. The number of benzene rings is 1. The minimum absolute atomic E-state index is 0.0999. The Kier molecular flexibility index (Phi) is 6.38. The van der Waals surface area contributed by atoms with Crippen molar-refractivity contribution < 1.29 is 32.8 Å². The SMILES string of the molecule is CCCCS(=O)(=O)C[C@@]1(C)OOC2CC1CC(OC(=O)c1ccccc1)C2(C)O. The maximum atomic E-state index is 12.5. The van der Waals surface area contributed by atoms with Gasteiger partial charge in [-0.3, -0.25) is 0 Å². The van der Waals surface area contributed by atoms with E-state index in [0.29, 0.717) is 24.8 Å². The zero-order chi connectivity index (χ0) is 21.3. The summed E-state index contributed by atoms with van der Waals surface area (Å²) in [6.45, 7) is 5.21. The minimum Gasteiger partial charge on any atom is -0.456 e. The molecule has 0 amide bonds. The predicted molar refractivity (Wildman–Crippen MR) is 107 cm³/mol. The second-order valence-electron chi connectivity index (χ2n) is 8.58. The lowest BCUT2D eigenvalue weighted by atomic mass is 9.69. The lowest BCUT2D eigenvalue weighted by Gasteiger charge is -2.53. The van der Waals surface area contributed by atoms with Crippen molar-refractivity contribution in [3.63, 3.8) is 0 Å². The Labute approximate surface area is 172 Å². The molecule has 2 fully saturated rings. The van der Waals surface area contributed by atoms with Crippen molar-refractivity contribution in [2.75, 3.05) is 11.5 Å². The molecule has 1 aromatic rings. The Morgan fingerprint density at radius 1 is 1.24 bits per heavy atom. The molecule has 8 heteroatoms. The van der Waals surface area contributed by atoms with Crippen LogP contribution < -0.4 is 0 Å². The molecule has 4 unspecified atom stereocenters. The van der Waals surface area contributed by atoms with E-state index in [2.05, 4.69) is 0 Å². The van der Waals surface area contributed by atoms with Crippen molar-refractivity contribution in [1.29, 1.82) is 0 Å². The predicted octanol–water partition coefficient (Wildman–Crippen LogP) is 2.68. The Morgan fingerprint density at radius 3 is 2.59 bits per heavy atom. The average molecular weight is 427 g/mol. The molecule has 1 aliphatic carbocycles. The Hall–Kier alpha value is -1.48. The molecular formula is C21H30O7S. The van der Waals surface area contributed by atoms with Crippen molar-refractivity contribution >= 4 is 15.8 Å². The standard InChI is InChI=1S/C21H30O7S/c1-4-5-11-29(24,25)14-20(2)16-12-17(21(3,23)18(13-16)27-28-20)26-19(22)15-9-7-6-8-10-15/h6-10,16-18,23H,4-5,11-14H2,1-3H3/t16?,17?,18?,20-,21?/m1/s1. The van der Waals surface area contributed by atoms with Crippen LogP contribution in [-0.2, 0) is 24.3 Å². The van der Waals surface area contributed by atoms with Gasteiger partial charge in [0, 0.05) is 0 Å². The summed E-state index contributed by atoms with van der Waals surface area (Å²) in [5.74, 6) is -0.831. The number of esters is 1. The van der Waals surface area contributed by atoms with Gasteiger partial charge >= 0.3 is 5.97 Å². The molecule has 162 valence electrons. The number of carbonyl (C=O) groups is 1. The van der Waals surface area contributed by atoms with Gasteiger partial charge in [0.25, 0.3) is 0 Å². The summed E-state index contributed by atoms with van der Waals surface area (Å²) in [5.41, 5.74) is -2.11. The van der Waals surface area contributed by atoms with Gasteiger partial charge in [0.1, 0.15) is 23.4 Å². The van der Waals surface area contributed by atoms with Crippen LogP contribution in [0.25, 0.3) is 0 Å². The number of rotatable bonds is 7. The first kappa shape index (κ1) is 22.2. The average Bonchev–Trinajstić information content (AvgIpc) is 2.66. The highest BCUT2D eigenvalue weighted by Crippen LogP contribution is 2.47. The topological polar surface area (TPSA) is 99.1 Å². The number of unbranched alkanes of at least 4 members (excludes halogenated alkanes) is 1. The number of aliphatic hydroxyl groups is 1. The van der Waals surface area contributed by atoms with E-state index in [1.54, 1.807) is 44.2 Å². The van der Waals surface area contributed by atoms with E-state index < -0.39 is 39.2 Å². The second kappa shape index (κ2) is 8.34. The smallest absolute Gasteiger partial charge is 0.338 e. The van der Waals surface area contributed by atoms with Crippen LogP contribution in [-0.4, -0.2) is 54.4 Å². The van der Waals surface area contributed by atoms with Gasteiger partial charge in [-0.25, -0.2) is 23.0 Å². The first-order valence-electron chi connectivity index (χ1n) is 10.1. The molecule has 0 radical (unpaired) electrons. The Balaban J connectivity index is 1.77. The van der Waals surface area contributed by atoms with E-state index in [0.717, 1.165) is 6.42 Å². The van der Waals surface area contributed by atoms with Gasteiger partial charge in [-0.2, -0.15) is 0 Å². The van der Waals surface area contributed by atoms with Gasteiger partial charge in [0.2, 0.25) is 0 Å². The van der Waals surface area contributed by atoms with E-state index in [9.17, 15) is 18.3 Å². The van der Waals surface area contributed by atoms with Crippen LogP contribution in [0, 0.1) is 5.92 Å². The molecule has 1 aromatic carbocycles. The van der Waals surface area contributed by atoms with E-state index in [1.165, 1.54) is 0 Å². The van der Waals surface area contributed by atoms with Crippen LogP contribution in [0.1, 0.15) is 56.8 Å². The molecule has 1 saturated carbocycles. The van der Waals surface area contributed by atoms with Gasteiger partial charge < -0.3 is 9.84 Å². The lowest BCUT2D eigenvalue weighted by Crippen LogP contribution is -2.64. The summed E-state index contributed by atoms with van der Waals surface area (Å²) in [4.78, 5) is 23.5. The number of carbonyl (C=O) groups excluding carboxylic acids is 1. The largest absolute Gasteiger partial charge is 0.456 e. The van der Waals surface area contributed by atoms with Gasteiger partial charge in [0.15, 0.2) is 9.84 Å². The summed E-state index contributed by atoms with van der Waals surface area (Å²) < 4.78 is 30.7. The summed E-state index contributed by atoms with van der Waals surface area (Å²) in [6, 6.07) is 8.56. The van der Waals surface area contributed by atoms with Crippen LogP contribution in [0.2, 0.25) is 0 Å². The Morgan fingerprint density at radius 2 is 1.93 bits per heavy atom. The van der Waals surface area contributed by atoms with Crippen molar-refractivity contribution in [2.24, 2.45) is 5.92 Å². The van der Waals surface area contributed by atoms with E-state index in [4.69, 9.17) is 14.5 Å². The van der Waals surface area contributed by atoms with Crippen molar-refractivity contribution in [2.45, 2.75) is 69.9 Å². The zero-order valence-electron chi connectivity index (χ0n) is 17.2. The van der Waals surface area contributed by atoms with Crippen molar-refractivity contribution in [3.8, 4) is 0 Å². The second-order valence-corrected chi connectivity index (χ2v) is 10.8. The first-order chi connectivity index (χ1) is 13.6. The van der Waals surface area contributed by atoms with E-state index in [1.807, 2.05) is 6.92 Å². The monoisotopic (exact) mass is 426 g/mol. The molecule has 0 aromatic heterocycles. The molecule has 1 aliphatic heterocycles. The van der Waals surface area contributed by atoms with Crippen LogP contribution in [0.5, 0.6) is 0 Å². The maximum Gasteiger partial charge on any atom is 0.338 e. The highest BCUT2D eigenvalue weighted by molar-refractivity contribution is 7.91. The number of fused-ring (bicyclic) bond motifs is 2.